The normalized spacial score (nSPS) is 14.9. The molecule has 0 amide bonds. The Balaban J connectivity index is 0.00000280. The van der Waals surface area contributed by atoms with Crippen molar-refractivity contribution in [3.8, 4) is 0 Å². The second-order valence-corrected chi connectivity index (χ2v) is 8.82. The van der Waals surface area contributed by atoms with Gasteiger partial charge in [0.25, 0.3) is 0 Å². The van der Waals surface area contributed by atoms with Crippen LogP contribution in [0.25, 0.3) is 0 Å². The molecule has 2 heterocycles. The Kier molecular flexibility index (Phi) is 10.00. The van der Waals surface area contributed by atoms with E-state index in [2.05, 4.69) is 48.6 Å². The zero-order chi connectivity index (χ0) is 19.1. The van der Waals surface area contributed by atoms with Gasteiger partial charge in [0.15, 0.2) is 11.1 Å². The van der Waals surface area contributed by atoms with Gasteiger partial charge in [-0.2, -0.15) is 0 Å². The van der Waals surface area contributed by atoms with E-state index in [1.54, 1.807) is 30.1 Å². The van der Waals surface area contributed by atoms with E-state index >= 15 is 0 Å². The number of nitrogens with zero attached hydrogens (tertiary/aromatic N) is 5. The fraction of sp³-hybridized carbons (Fsp3) is 0.667. The summed E-state index contributed by atoms with van der Waals surface area (Å²) in [5.74, 6) is 1.93. The van der Waals surface area contributed by atoms with Crippen LogP contribution in [0.3, 0.4) is 0 Å². The highest BCUT2D eigenvalue weighted by atomic mass is 127. The molecule has 2 aromatic rings. The summed E-state index contributed by atoms with van der Waals surface area (Å²) in [6, 6.07) is 0.585. The van der Waals surface area contributed by atoms with E-state index in [0.717, 1.165) is 41.3 Å². The largest absolute Gasteiger partial charge is 0.356 e. The number of aromatic nitrogens is 4. The van der Waals surface area contributed by atoms with Gasteiger partial charge < -0.3 is 15.2 Å². The van der Waals surface area contributed by atoms with Gasteiger partial charge >= 0.3 is 0 Å². The van der Waals surface area contributed by atoms with Crippen LogP contribution in [0.5, 0.6) is 0 Å². The van der Waals surface area contributed by atoms with Crippen LogP contribution in [0, 0.1) is 6.92 Å². The Morgan fingerprint density at radius 2 is 2.11 bits per heavy atom. The number of halogens is 1. The predicted molar refractivity (Wildman–Crippen MR) is 128 cm³/mol. The summed E-state index contributed by atoms with van der Waals surface area (Å²) < 4.78 is 2.38. The Morgan fingerprint density at radius 1 is 1.32 bits per heavy atom. The maximum absolute atomic E-state index is 4.46. The van der Waals surface area contributed by atoms with Gasteiger partial charge in [-0.15, -0.1) is 45.5 Å². The predicted octanol–water partition coefficient (Wildman–Crippen LogP) is 3.80. The van der Waals surface area contributed by atoms with Crippen LogP contribution < -0.4 is 10.6 Å². The smallest absolute Gasteiger partial charge is 0.191 e. The number of thiazole rings is 1. The van der Waals surface area contributed by atoms with E-state index in [0.29, 0.717) is 12.6 Å². The summed E-state index contributed by atoms with van der Waals surface area (Å²) in [6.07, 6.45) is 11.1. The summed E-state index contributed by atoms with van der Waals surface area (Å²) in [7, 11) is 1.80. The van der Waals surface area contributed by atoms with Gasteiger partial charge in [0.1, 0.15) is 10.8 Å². The fourth-order valence-electron chi connectivity index (χ4n) is 3.46. The highest BCUT2D eigenvalue weighted by Crippen LogP contribution is 2.33. The Hall–Kier alpha value is -0.880. The maximum Gasteiger partial charge on any atom is 0.191 e. The minimum absolute atomic E-state index is 0. The maximum atomic E-state index is 4.46. The monoisotopic (exact) mass is 535 g/mol. The Labute approximate surface area is 192 Å². The SMILES string of the molecule is CN=C(NCCCc1nnc(SC)n1C1CCCC1)NCc1ncc(C)s1.I. The zero-order valence-corrected chi connectivity index (χ0v) is 20.7. The van der Waals surface area contributed by atoms with E-state index in [4.69, 9.17) is 0 Å². The fourth-order valence-corrected chi connectivity index (χ4v) is 4.76. The molecule has 0 aromatic carbocycles. The average Bonchev–Trinajstić information content (AvgIpc) is 3.41. The minimum atomic E-state index is 0. The number of guanidine groups is 1. The molecule has 0 atom stereocenters. The molecule has 1 aliphatic carbocycles. The summed E-state index contributed by atoms with van der Waals surface area (Å²) in [4.78, 5) is 9.88. The van der Waals surface area contributed by atoms with Gasteiger partial charge in [-0.1, -0.05) is 24.6 Å². The molecule has 0 unspecified atom stereocenters. The first-order valence-electron chi connectivity index (χ1n) is 9.55. The van der Waals surface area contributed by atoms with Crippen molar-refractivity contribution >= 4 is 53.0 Å². The van der Waals surface area contributed by atoms with E-state index in [1.807, 2.05) is 6.20 Å². The molecular formula is C18H30IN7S2. The molecule has 0 aliphatic heterocycles. The van der Waals surface area contributed by atoms with E-state index < -0.39 is 0 Å². The van der Waals surface area contributed by atoms with Gasteiger partial charge in [0.2, 0.25) is 0 Å². The number of thioether (sulfide) groups is 1. The second-order valence-electron chi connectivity index (χ2n) is 6.73. The van der Waals surface area contributed by atoms with Crippen LogP contribution in [-0.4, -0.2) is 45.6 Å². The van der Waals surface area contributed by atoms with Crippen molar-refractivity contribution in [2.24, 2.45) is 4.99 Å². The number of aliphatic imine (C=N–C) groups is 1. The molecule has 156 valence electrons. The van der Waals surface area contributed by atoms with Gasteiger partial charge in [0, 0.05) is 37.1 Å². The number of hydrogen-bond donors (Lipinski definition) is 2. The zero-order valence-electron chi connectivity index (χ0n) is 16.8. The van der Waals surface area contributed by atoms with Crippen molar-refractivity contribution in [2.75, 3.05) is 19.8 Å². The first kappa shape index (κ1) is 23.4. The average molecular weight is 536 g/mol. The molecule has 10 heteroatoms. The number of aryl methyl sites for hydroxylation is 2. The lowest BCUT2D eigenvalue weighted by Gasteiger charge is -2.16. The first-order chi connectivity index (χ1) is 13.2. The van der Waals surface area contributed by atoms with Crippen LogP contribution in [-0.2, 0) is 13.0 Å². The van der Waals surface area contributed by atoms with Crippen LogP contribution in [0.1, 0.15) is 53.9 Å². The number of hydrogen-bond acceptors (Lipinski definition) is 6. The third-order valence-electron chi connectivity index (χ3n) is 4.78. The number of nitrogens with one attached hydrogen (secondary N) is 2. The molecule has 28 heavy (non-hydrogen) atoms. The minimum Gasteiger partial charge on any atom is -0.356 e. The lowest BCUT2D eigenvalue weighted by Crippen LogP contribution is -2.37. The lowest BCUT2D eigenvalue weighted by atomic mass is 10.2. The Bertz CT molecular complexity index is 753. The van der Waals surface area contributed by atoms with Crippen molar-refractivity contribution in [1.82, 2.24) is 30.4 Å². The van der Waals surface area contributed by atoms with Crippen molar-refractivity contribution in [1.29, 1.82) is 0 Å². The van der Waals surface area contributed by atoms with E-state index in [-0.39, 0.29) is 24.0 Å². The van der Waals surface area contributed by atoms with Gasteiger partial charge in [-0.3, -0.25) is 4.99 Å². The van der Waals surface area contributed by atoms with Gasteiger partial charge in [0.05, 0.1) is 6.54 Å². The number of rotatable bonds is 8. The standard InChI is InChI=1S/C18H29N7S2.HI/c1-13-11-21-16(27-13)12-22-17(19-2)20-10-6-9-15-23-24-18(26-3)25(15)14-7-4-5-8-14;/h11,14H,4-10,12H2,1-3H3,(H2,19,20,22);1H. The highest BCUT2D eigenvalue weighted by molar-refractivity contribution is 14.0. The molecule has 7 nitrogen and oxygen atoms in total. The quantitative estimate of drug-likeness (QED) is 0.176. The molecule has 1 saturated carbocycles. The molecule has 0 radical (unpaired) electrons. The lowest BCUT2D eigenvalue weighted by molar-refractivity contribution is 0.460. The molecule has 0 saturated heterocycles. The second kappa shape index (κ2) is 12.0. The van der Waals surface area contributed by atoms with Crippen LogP contribution in [0.15, 0.2) is 16.3 Å². The first-order valence-corrected chi connectivity index (χ1v) is 11.6. The molecule has 0 spiro atoms. The van der Waals surface area contributed by atoms with Crippen LogP contribution in [0.2, 0.25) is 0 Å². The van der Waals surface area contributed by atoms with Crippen molar-refractivity contribution < 1.29 is 0 Å². The van der Waals surface area contributed by atoms with E-state index in [1.165, 1.54) is 30.6 Å². The van der Waals surface area contributed by atoms with E-state index in [9.17, 15) is 0 Å². The Morgan fingerprint density at radius 3 is 2.75 bits per heavy atom. The van der Waals surface area contributed by atoms with Crippen molar-refractivity contribution in [3.63, 3.8) is 0 Å². The van der Waals surface area contributed by atoms with Crippen molar-refractivity contribution in [2.45, 2.75) is 63.2 Å². The summed E-state index contributed by atoms with van der Waals surface area (Å²) in [5, 5.41) is 17.7. The highest BCUT2D eigenvalue weighted by Gasteiger charge is 2.23. The molecule has 0 bridgehead atoms. The van der Waals surface area contributed by atoms with Crippen LogP contribution >= 0.6 is 47.1 Å². The molecule has 1 aliphatic rings. The van der Waals surface area contributed by atoms with Gasteiger partial charge in [-0.25, -0.2) is 4.98 Å². The topological polar surface area (TPSA) is 80.0 Å². The molecule has 2 aromatic heterocycles. The third kappa shape index (κ3) is 6.31. The third-order valence-corrected chi connectivity index (χ3v) is 6.33. The molecule has 2 N–H and O–H groups in total. The summed E-state index contributed by atoms with van der Waals surface area (Å²) in [5.41, 5.74) is 0. The molecule has 1 fully saturated rings. The molecule has 3 rings (SSSR count). The van der Waals surface area contributed by atoms with Crippen LogP contribution in [0.4, 0.5) is 0 Å². The summed E-state index contributed by atoms with van der Waals surface area (Å²) in [6.45, 7) is 3.62. The summed E-state index contributed by atoms with van der Waals surface area (Å²) >= 11 is 3.40. The van der Waals surface area contributed by atoms with Gasteiger partial charge in [-0.05, 0) is 32.4 Å². The van der Waals surface area contributed by atoms with Crippen molar-refractivity contribution in [3.05, 3.63) is 21.9 Å². The molecular weight excluding hydrogens is 505 g/mol.